The zero-order valence-corrected chi connectivity index (χ0v) is 17.6. The second-order valence-corrected chi connectivity index (χ2v) is 12.3. The molecule has 2 atom stereocenters. The molecule has 2 unspecified atom stereocenters. The maximum absolute atomic E-state index is 12.8. The van der Waals surface area contributed by atoms with Crippen molar-refractivity contribution in [3.05, 3.63) is 29.8 Å². The van der Waals surface area contributed by atoms with Crippen LogP contribution in [-0.2, 0) is 21.1 Å². The predicted molar refractivity (Wildman–Crippen MR) is 108 cm³/mol. The van der Waals surface area contributed by atoms with Crippen molar-refractivity contribution in [2.75, 3.05) is 13.1 Å². The molecule has 2 aliphatic heterocycles. The summed E-state index contributed by atoms with van der Waals surface area (Å²) in [5.41, 5.74) is 1.35. The van der Waals surface area contributed by atoms with Gasteiger partial charge in [0.2, 0.25) is 5.91 Å². The summed E-state index contributed by atoms with van der Waals surface area (Å²) in [6, 6.07) is 9.39. The number of benzene rings is 1. The molecule has 0 aromatic heterocycles. The lowest BCUT2D eigenvalue weighted by molar-refractivity contribution is -0.139. The standard InChI is InChI=1S/C22H34NOS/c1-21(2,3)16-10-12-17(13-11-16)25-18-8-7-9-19(25)15-23(14-18)20(24)22(4,5)6/h10-13,18-19H,7-9,14-15H2,1-6H3/q+1. The molecule has 3 heteroatoms. The molecule has 0 saturated carbocycles. The van der Waals surface area contributed by atoms with Gasteiger partial charge in [-0.05, 0) is 42.4 Å². The van der Waals surface area contributed by atoms with E-state index in [1.807, 2.05) is 20.8 Å². The Bertz CT molecular complexity index is 609. The van der Waals surface area contributed by atoms with Crippen molar-refractivity contribution < 1.29 is 4.79 Å². The summed E-state index contributed by atoms with van der Waals surface area (Å²) in [6.07, 6.45) is 3.87. The third-order valence-corrected chi connectivity index (χ3v) is 8.56. The first-order chi connectivity index (χ1) is 11.6. The summed E-state index contributed by atoms with van der Waals surface area (Å²) in [7, 11) is 0.303. The Morgan fingerprint density at radius 3 is 1.92 bits per heavy atom. The van der Waals surface area contributed by atoms with Crippen molar-refractivity contribution in [2.24, 2.45) is 5.41 Å². The van der Waals surface area contributed by atoms with Gasteiger partial charge in [-0.15, -0.1) is 0 Å². The number of carbonyl (C=O) groups is 1. The van der Waals surface area contributed by atoms with Crippen molar-refractivity contribution in [3.8, 4) is 0 Å². The van der Waals surface area contributed by atoms with Crippen LogP contribution in [0, 0.1) is 5.41 Å². The smallest absolute Gasteiger partial charge is 0.228 e. The Balaban J connectivity index is 1.81. The summed E-state index contributed by atoms with van der Waals surface area (Å²) in [4.78, 5) is 16.5. The number of amides is 1. The highest BCUT2D eigenvalue weighted by Gasteiger charge is 2.50. The molecule has 1 amide bonds. The van der Waals surface area contributed by atoms with Gasteiger partial charge in [-0.3, -0.25) is 4.79 Å². The number of carbonyl (C=O) groups excluding carboxylic acids is 1. The lowest BCUT2D eigenvalue weighted by Gasteiger charge is -2.42. The first-order valence-electron chi connectivity index (χ1n) is 9.69. The zero-order chi connectivity index (χ0) is 18.4. The fourth-order valence-electron chi connectivity index (χ4n) is 4.15. The van der Waals surface area contributed by atoms with Crippen molar-refractivity contribution in [1.29, 1.82) is 0 Å². The topological polar surface area (TPSA) is 20.3 Å². The number of likely N-dealkylation sites (tertiary alicyclic amines) is 1. The van der Waals surface area contributed by atoms with E-state index >= 15 is 0 Å². The van der Waals surface area contributed by atoms with Gasteiger partial charge in [0, 0.05) is 16.3 Å². The highest BCUT2D eigenvalue weighted by molar-refractivity contribution is 7.98. The Morgan fingerprint density at radius 1 is 0.960 bits per heavy atom. The molecule has 2 nitrogen and oxygen atoms in total. The molecule has 138 valence electrons. The lowest BCUT2D eigenvalue weighted by Crippen LogP contribution is -2.57. The molecule has 2 bridgehead atoms. The minimum Gasteiger partial charge on any atom is -0.332 e. The maximum atomic E-state index is 12.8. The van der Waals surface area contributed by atoms with Crippen LogP contribution in [0.5, 0.6) is 0 Å². The quantitative estimate of drug-likeness (QED) is 0.661. The van der Waals surface area contributed by atoms with Gasteiger partial charge in [0.25, 0.3) is 0 Å². The number of hydrogen-bond donors (Lipinski definition) is 0. The summed E-state index contributed by atoms with van der Waals surface area (Å²) in [5, 5.41) is 1.30. The molecule has 0 aliphatic carbocycles. The van der Waals surface area contributed by atoms with E-state index in [1.165, 1.54) is 29.7 Å². The Morgan fingerprint density at radius 2 is 1.48 bits per heavy atom. The molecular weight excluding hydrogens is 326 g/mol. The SMILES string of the molecule is CC(C)(C)C(=O)N1CC2CCCC(C1)[S+]2c1ccc(C(C)(C)C)cc1. The highest BCUT2D eigenvalue weighted by Crippen LogP contribution is 2.39. The van der Waals surface area contributed by atoms with E-state index in [0.717, 1.165) is 13.1 Å². The molecule has 1 aromatic carbocycles. The molecule has 3 rings (SSSR count). The normalized spacial score (nSPS) is 27.3. The van der Waals surface area contributed by atoms with Gasteiger partial charge in [0.05, 0.1) is 13.1 Å². The summed E-state index contributed by atoms with van der Waals surface area (Å²) in [6.45, 7) is 14.9. The molecule has 2 fully saturated rings. The molecular formula is C22H34NOS+. The van der Waals surface area contributed by atoms with Crippen LogP contribution in [0.4, 0.5) is 0 Å². The number of hydrogen-bond acceptors (Lipinski definition) is 1. The fourth-order valence-corrected chi connectivity index (χ4v) is 7.43. The van der Waals surface area contributed by atoms with Gasteiger partial charge >= 0.3 is 0 Å². The van der Waals surface area contributed by atoms with E-state index in [2.05, 4.69) is 49.9 Å². The molecule has 0 radical (unpaired) electrons. The minimum absolute atomic E-state index is 0.208. The van der Waals surface area contributed by atoms with Gasteiger partial charge in [-0.2, -0.15) is 0 Å². The number of fused-ring (bicyclic) bond motifs is 2. The summed E-state index contributed by atoms with van der Waals surface area (Å²) >= 11 is 0. The van der Waals surface area contributed by atoms with Gasteiger partial charge in [-0.25, -0.2) is 0 Å². The van der Waals surface area contributed by atoms with Crippen LogP contribution >= 0.6 is 0 Å². The average Bonchev–Trinajstić information content (AvgIpc) is 2.51. The van der Waals surface area contributed by atoms with Crippen LogP contribution in [-0.4, -0.2) is 34.4 Å². The number of rotatable bonds is 1. The Labute approximate surface area is 156 Å². The van der Waals surface area contributed by atoms with Crippen LogP contribution in [0.2, 0.25) is 0 Å². The fraction of sp³-hybridized carbons (Fsp3) is 0.682. The van der Waals surface area contributed by atoms with E-state index in [0.29, 0.717) is 27.3 Å². The Hall–Kier alpha value is -0.960. The second kappa shape index (κ2) is 6.64. The van der Waals surface area contributed by atoms with Crippen molar-refractivity contribution >= 4 is 16.8 Å². The second-order valence-electron chi connectivity index (χ2n) is 9.78. The van der Waals surface area contributed by atoms with Crippen molar-refractivity contribution in [3.63, 3.8) is 0 Å². The predicted octanol–water partition coefficient (Wildman–Crippen LogP) is 4.77. The summed E-state index contributed by atoms with van der Waals surface area (Å²) in [5.74, 6) is 0.329. The monoisotopic (exact) mass is 360 g/mol. The van der Waals surface area contributed by atoms with Crippen LogP contribution in [0.25, 0.3) is 0 Å². The van der Waals surface area contributed by atoms with E-state index in [1.54, 1.807) is 0 Å². The van der Waals surface area contributed by atoms with Crippen molar-refractivity contribution in [1.82, 2.24) is 4.90 Å². The lowest BCUT2D eigenvalue weighted by atomic mass is 9.87. The first-order valence-corrected chi connectivity index (χ1v) is 11.0. The van der Waals surface area contributed by atoms with Gasteiger partial charge < -0.3 is 4.90 Å². The zero-order valence-electron chi connectivity index (χ0n) is 16.8. The number of nitrogens with zero attached hydrogens (tertiary/aromatic N) is 1. The van der Waals surface area contributed by atoms with Crippen LogP contribution in [0.3, 0.4) is 0 Å². The molecule has 2 heterocycles. The largest absolute Gasteiger partial charge is 0.332 e. The molecule has 2 aliphatic rings. The average molecular weight is 361 g/mol. The van der Waals surface area contributed by atoms with E-state index in [-0.39, 0.29) is 10.8 Å². The third kappa shape index (κ3) is 3.92. The molecule has 0 spiro atoms. The van der Waals surface area contributed by atoms with Crippen LogP contribution in [0.15, 0.2) is 29.2 Å². The highest BCUT2D eigenvalue weighted by atomic mass is 32.2. The summed E-state index contributed by atoms with van der Waals surface area (Å²) < 4.78 is 0. The van der Waals surface area contributed by atoms with Crippen LogP contribution in [0.1, 0.15) is 66.4 Å². The molecule has 0 N–H and O–H groups in total. The van der Waals surface area contributed by atoms with E-state index in [9.17, 15) is 4.79 Å². The molecule has 2 saturated heterocycles. The Kier molecular flexibility index (Phi) is 5.00. The van der Waals surface area contributed by atoms with Gasteiger partial charge in [0.1, 0.15) is 10.5 Å². The van der Waals surface area contributed by atoms with Crippen LogP contribution < -0.4 is 0 Å². The third-order valence-electron chi connectivity index (χ3n) is 5.54. The minimum atomic E-state index is -0.265. The van der Waals surface area contributed by atoms with E-state index in [4.69, 9.17) is 0 Å². The van der Waals surface area contributed by atoms with Gasteiger partial charge in [-0.1, -0.05) is 53.7 Å². The molecule has 25 heavy (non-hydrogen) atoms. The maximum Gasteiger partial charge on any atom is 0.228 e. The first kappa shape index (κ1) is 18.8. The van der Waals surface area contributed by atoms with Crippen molar-refractivity contribution in [2.45, 2.75) is 81.6 Å². The van der Waals surface area contributed by atoms with Gasteiger partial charge in [0.15, 0.2) is 4.90 Å². The molecule has 1 aromatic rings. The van der Waals surface area contributed by atoms with E-state index < -0.39 is 0 Å².